The first-order valence-corrected chi connectivity index (χ1v) is 11.1. The topological polar surface area (TPSA) is 117 Å². The van der Waals surface area contributed by atoms with E-state index in [1.807, 2.05) is 0 Å². The summed E-state index contributed by atoms with van der Waals surface area (Å²) in [6, 6.07) is 5.07. The summed E-state index contributed by atoms with van der Waals surface area (Å²) in [5, 5.41) is 3.24. The van der Waals surface area contributed by atoms with E-state index in [4.69, 9.17) is 11.6 Å². The summed E-state index contributed by atoms with van der Waals surface area (Å²) < 4.78 is 25.3. The van der Waals surface area contributed by atoms with Gasteiger partial charge in [0, 0.05) is 11.8 Å². The normalized spacial score (nSPS) is 11.8. The average molecular weight is 441 g/mol. The van der Waals surface area contributed by atoms with E-state index < -0.39 is 10.0 Å². The van der Waals surface area contributed by atoms with Crippen LogP contribution in [0.2, 0.25) is 5.15 Å². The minimum Gasteiger partial charge on any atom is -0.301 e. The zero-order valence-corrected chi connectivity index (χ0v) is 17.6. The third kappa shape index (κ3) is 5.13. The number of hydrogen-bond donors (Lipinski definition) is 2. The predicted molar refractivity (Wildman–Crippen MR) is 111 cm³/mol. The van der Waals surface area contributed by atoms with Gasteiger partial charge in [-0.05, 0) is 32.3 Å². The molecule has 3 aromatic rings. The number of halogens is 1. The quantitative estimate of drug-likeness (QED) is 0.564. The minimum absolute atomic E-state index is 0.0407. The maximum absolute atomic E-state index is 11.9. The Morgan fingerprint density at radius 2 is 2.04 bits per heavy atom. The van der Waals surface area contributed by atoms with Crippen molar-refractivity contribution in [3.8, 4) is 11.3 Å². The second kappa shape index (κ2) is 7.95. The van der Waals surface area contributed by atoms with E-state index in [0.717, 1.165) is 6.26 Å². The summed E-state index contributed by atoms with van der Waals surface area (Å²) in [5.74, 6) is -0.164. The third-order valence-corrected chi connectivity index (χ3v) is 5.16. The average Bonchev–Trinajstić information content (AvgIpc) is 2.95. The fourth-order valence-corrected chi connectivity index (χ4v) is 3.95. The number of hydrogen-bond acceptors (Lipinski definition) is 8. The van der Waals surface area contributed by atoms with Crippen LogP contribution in [0.1, 0.15) is 0 Å². The number of anilines is 2. The second-order valence-corrected chi connectivity index (χ2v) is 9.35. The van der Waals surface area contributed by atoms with Gasteiger partial charge < -0.3 is 10.2 Å². The fourth-order valence-electron chi connectivity index (χ4n) is 2.34. The molecular formula is C16H17ClN6O3S2. The van der Waals surface area contributed by atoms with Crippen molar-refractivity contribution in [2.24, 2.45) is 0 Å². The highest BCUT2D eigenvalue weighted by atomic mass is 35.5. The largest absolute Gasteiger partial charge is 0.301 e. The van der Waals surface area contributed by atoms with Crippen LogP contribution in [0.25, 0.3) is 21.6 Å². The lowest BCUT2D eigenvalue weighted by Crippen LogP contribution is -2.26. The molecule has 0 aliphatic heterocycles. The maximum Gasteiger partial charge on any atom is 0.240 e. The lowest BCUT2D eigenvalue weighted by atomic mass is 10.2. The molecule has 0 aromatic carbocycles. The van der Waals surface area contributed by atoms with Crippen LogP contribution >= 0.6 is 22.9 Å². The predicted octanol–water partition coefficient (Wildman–Crippen LogP) is 2.28. The van der Waals surface area contributed by atoms with Gasteiger partial charge in [0.15, 0.2) is 10.3 Å². The summed E-state index contributed by atoms with van der Waals surface area (Å²) in [7, 11) is 0.112. The molecule has 0 aliphatic rings. The molecule has 0 unspecified atom stereocenters. The fraction of sp³-hybridized carbons (Fsp3) is 0.250. The molecule has 0 saturated carbocycles. The molecule has 0 fully saturated rings. The smallest absolute Gasteiger partial charge is 0.240 e. The van der Waals surface area contributed by atoms with Crippen LogP contribution in [-0.4, -0.2) is 61.1 Å². The number of rotatable bonds is 6. The first-order chi connectivity index (χ1) is 13.1. The van der Waals surface area contributed by atoms with Gasteiger partial charge >= 0.3 is 0 Å². The van der Waals surface area contributed by atoms with Gasteiger partial charge in [0.2, 0.25) is 15.9 Å². The molecule has 3 aromatic heterocycles. The highest BCUT2D eigenvalue weighted by molar-refractivity contribution is 7.92. The van der Waals surface area contributed by atoms with Crippen molar-refractivity contribution in [1.82, 2.24) is 19.9 Å². The number of carbonyl (C=O) groups excluding carboxylic acids is 1. The van der Waals surface area contributed by atoms with Gasteiger partial charge in [0.25, 0.3) is 0 Å². The summed E-state index contributed by atoms with van der Waals surface area (Å²) in [6.45, 7) is 0.251. The third-order valence-electron chi connectivity index (χ3n) is 3.39. The Kier molecular flexibility index (Phi) is 5.79. The molecule has 12 heteroatoms. The highest BCUT2D eigenvalue weighted by Crippen LogP contribution is 2.30. The number of fused-ring (bicyclic) bond motifs is 1. The van der Waals surface area contributed by atoms with E-state index in [1.165, 1.54) is 17.5 Å². The molecule has 0 bridgehead atoms. The lowest BCUT2D eigenvalue weighted by Gasteiger charge is -2.08. The Labute approximate surface area is 170 Å². The molecule has 0 atom stereocenters. The van der Waals surface area contributed by atoms with Crippen LogP contribution in [0.3, 0.4) is 0 Å². The first kappa shape index (κ1) is 20.4. The van der Waals surface area contributed by atoms with Gasteiger partial charge in [-0.2, -0.15) is 0 Å². The zero-order chi connectivity index (χ0) is 20.5. The molecule has 9 nitrogen and oxygen atoms in total. The summed E-state index contributed by atoms with van der Waals surface area (Å²) in [6.07, 6.45) is 2.54. The first-order valence-electron chi connectivity index (χ1n) is 7.96. The Hall–Kier alpha value is -2.34. The number of nitrogens with zero attached hydrogens (tertiary/aromatic N) is 4. The van der Waals surface area contributed by atoms with Crippen LogP contribution in [0.15, 0.2) is 24.4 Å². The molecule has 1 amide bonds. The van der Waals surface area contributed by atoms with Crippen molar-refractivity contribution in [3.63, 3.8) is 0 Å². The van der Waals surface area contributed by atoms with Gasteiger partial charge in [-0.15, -0.1) is 0 Å². The number of amides is 1. The van der Waals surface area contributed by atoms with Gasteiger partial charge in [0.05, 0.1) is 24.2 Å². The van der Waals surface area contributed by atoms with Crippen LogP contribution in [0.5, 0.6) is 0 Å². The summed E-state index contributed by atoms with van der Waals surface area (Å²) in [5.41, 5.74) is 1.97. The van der Waals surface area contributed by atoms with Crippen molar-refractivity contribution in [2.45, 2.75) is 0 Å². The van der Waals surface area contributed by atoms with E-state index in [9.17, 15) is 13.2 Å². The Morgan fingerprint density at radius 1 is 1.29 bits per heavy atom. The standard InChI is InChI=1S/C16H17ClN6O3S2/c1-23(2)8-13(24)21-16-20-11-5-4-10(19-15(11)27-16)9-6-12(14(17)18-7-9)22-28(3,25)26/h4-7,22H,8H2,1-3H3,(H,20,21,24). The van der Waals surface area contributed by atoms with Crippen LogP contribution in [0, 0.1) is 0 Å². The van der Waals surface area contributed by atoms with E-state index in [1.54, 1.807) is 37.2 Å². The number of carbonyl (C=O) groups is 1. The van der Waals surface area contributed by atoms with Crippen molar-refractivity contribution in [2.75, 3.05) is 36.9 Å². The Bertz CT molecular complexity index is 1150. The number of thiazole rings is 1. The summed E-state index contributed by atoms with van der Waals surface area (Å²) >= 11 is 7.21. The Morgan fingerprint density at radius 3 is 2.71 bits per heavy atom. The van der Waals surface area contributed by atoms with Crippen molar-refractivity contribution < 1.29 is 13.2 Å². The number of nitrogens with one attached hydrogen (secondary N) is 2. The molecular weight excluding hydrogens is 424 g/mol. The zero-order valence-electron chi connectivity index (χ0n) is 15.2. The van der Waals surface area contributed by atoms with E-state index in [2.05, 4.69) is 25.0 Å². The van der Waals surface area contributed by atoms with Crippen LogP contribution in [0.4, 0.5) is 10.8 Å². The van der Waals surface area contributed by atoms with Crippen molar-refractivity contribution >= 4 is 60.0 Å². The van der Waals surface area contributed by atoms with Crippen LogP contribution < -0.4 is 10.0 Å². The molecule has 148 valence electrons. The molecule has 0 radical (unpaired) electrons. The summed E-state index contributed by atoms with van der Waals surface area (Å²) in [4.78, 5) is 27.2. The molecule has 0 saturated heterocycles. The molecule has 0 aliphatic carbocycles. The molecule has 0 spiro atoms. The lowest BCUT2D eigenvalue weighted by molar-refractivity contribution is -0.116. The van der Waals surface area contributed by atoms with Gasteiger partial charge in [0.1, 0.15) is 10.3 Å². The molecule has 3 heterocycles. The highest BCUT2D eigenvalue weighted by Gasteiger charge is 2.13. The number of sulfonamides is 1. The van der Waals surface area contributed by atoms with Gasteiger partial charge in [-0.1, -0.05) is 22.9 Å². The van der Waals surface area contributed by atoms with Gasteiger partial charge in [-0.25, -0.2) is 23.4 Å². The molecule has 28 heavy (non-hydrogen) atoms. The number of pyridine rings is 2. The number of aromatic nitrogens is 3. The van der Waals surface area contributed by atoms with Crippen LogP contribution in [-0.2, 0) is 14.8 Å². The molecule has 2 N–H and O–H groups in total. The monoisotopic (exact) mass is 440 g/mol. The van der Waals surface area contributed by atoms with Crippen molar-refractivity contribution in [1.29, 1.82) is 0 Å². The van der Waals surface area contributed by atoms with E-state index in [0.29, 0.717) is 26.7 Å². The second-order valence-electron chi connectivity index (χ2n) is 6.26. The number of likely N-dealkylation sites (N-methyl/N-ethyl adjacent to an activating group) is 1. The minimum atomic E-state index is -3.50. The van der Waals surface area contributed by atoms with E-state index in [-0.39, 0.29) is 23.3 Å². The SMILES string of the molecule is CN(C)CC(=O)Nc1nc2ccc(-c3cnc(Cl)c(NS(C)(=O)=O)c3)nc2s1. The van der Waals surface area contributed by atoms with E-state index >= 15 is 0 Å². The maximum atomic E-state index is 11.9. The molecule has 3 rings (SSSR count). The van der Waals surface area contributed by atoms with Gasteiger partial charge in [-0.3, -0.25) is 9.52 Å². The van der Waals surface area contributed by atoms with Crippen molar-refractivity contribution in [3.05, 3.63) is 29.5 Å². The Balaban J connectivity index is 1.90.